The van der Waals surface area contributed by atoms with E-state index in [2.05, 4.69) is 15.5 Å². The van der Waals surface area contributed by atoms with Crippen molar-refractivity contribution < 1.29 is 17.6 Å². The van der Waals surface area contributed by atoms with Crippen molar-refractivity contribution in [1.82, 2.24) is 10.2 Å². The van der Waals surface area contributed by atoms with Gasteiger partial charge in [-0.2, -0.15) is 11.3 Å². The molecule has 1 amide bonds. The van der Waals surface area contributed by atoms with Gasteiger partial charge in [0.15, 0.2) is 9.84 Å². The van der Waals surface area contributed by atoms with Crippen LogP contribution in [0, 0.1) is 0 Å². The smallest absolute Gasteiger partial charge is 0.322 e. The topological polar surface area (TPSA) is 102 Å². The molecule has 0 fully saturated rings. The number of amides is 1. The maximum absolute atomic E-state index is 12.2. The summed E-state index contributed by atoms with van der Waals surface area (Å²) in [7, 11) is -3.39. The van der Waals surface area contributed by atoms with Gasteiger partial charge >= 0.3 is 6.01 Å². The van der Waals surface area contributed by atoms with Gasteiger partial charge in [0, 0.05) is 22.8 Å². The van der Waals surface area contributed by atoms with Gasteiger partial charge in [-0.1, -0.05) is 11.2 Å². The number of rotatable bonds is 4. The molecule has 1 aromatic carbocycles. The molecular weight excluding hydrogens is 338 g/mol. The SMILES string of the molecule is CS(=O)(=O)c1cccc(C(=O)Nc2nnc(-c3ccsc3)o2)c1. The first-order valence-electron chi connectivity index (χ1n) is 6.41. The van der Waals surface area contributed by atoms with E-state index in [4.69, 9.17) is 4.42 Å². The molecule has 1 N–H and O–H groups in total. The van der Waals surface area contributed by atoms with Gasteiger partial charge in [-0.15, -0.1) is 5.10 Å². The third-order valence-electron chi connectivity index (χ3n) is 2.94. The van der Waals surface area contributed by atoms with Gasteiger partial charge in [0.2, 0.25) is 0 Å². The quantitative estimate of drug-likeness (QED) is 0.776. The number of hydrogen-bond donors (Lipinski definition) is 1. The van der Waals surface area contributed by atoms with Crippen LogP contribution in [0.5, 0.6) is 0 Å². The molecule has 0 aliphatic heterocycles. The summed E-state index contributed by atoms with van der Waals surface area (Å²) >= 11 is 1.49. The molecule has 0 saturated heterocycles. The van der Waals surface area contributed by atoms with E-state index < -0.39 is 15.7 Å². The van der Waals surface area contributed by atoms with E-state index in [9.17, 15) is 13.2 Å². The van der Waals surface area contributed by atoms with Crippen molar-refractivity contribution in [3.05, 3.63) is 46.7 Å². The fraction of sp³-hybridized carbons (Fsp3) is 0.0714. The zero-order valence-corrected chi connectivity index (χ0v) is 13.5. The van der Waals surface area contributed by atoms with Gasteiger partial charge in [-0.3, -0.25) is 10.1 Å². The van der Waals surface area contributed by atoms with Crippen LogP contribution in [0.1, 0.15) is 10.4 Å². The van der Waals surface area contributed by atoms with Crippen molar-refractivity contribution in [2.75, 3.05) is 11.6 Å². The molecule has 0 radical (unpaired) electrons. The number of hydrogen-bond acceptors (Lipinski definition) is 7. The molecule has 23 heavy (non-hydrogen) atoms. The van der Waals surface area contributed by atoms with Crippen LogP contribution in [0.2, 0.25) is 0 Å². The van der Waals surface area contributed by atoms with Crippen LogP contribution < -0.4 is 5.32 Å². The third-order valence-corrected chi connectivity index (χ3v) is 4.73. The lowest BCUT2D eigenvalue weighted by Gasteiger charge is -2.03. The Bertz CT molecular complexity index is 946. The molecule has 0 atom stereocenters. The number of carbonyl (C=O) groups is 1. The molecule has 2 aromatic heterocycles. The summed E-state index contributed by atoms with van der Waals surface area (Å²) < 4.78 is 28.4. The van der Waals surface area contributed by atoms with Crippen molar-refractivity contribution in [2.45, 2.75) is 4.90 Å². The van der Waals surface area contributed by atoms with E-state index in [1.54, 1.807) is 0 Å². The van der Waals surface area contributed by atoms with Crippen molar-refractivity contribution in [3.63, 3.8) is 0 Å². The van der Waals surface area contributed by atoms with Crippen LogP contribution in [0.4, 0.5) is 6.01 Å². The Morgan fingerprint density at radius 1 is 1.26 bits per heavy atom. The minimum absolute atomic E-state index is 0.0547. The second kappa shape index (κ2) is 5.94. The Morgan fingerprint density at radius 3 is 2.78 bits per heavy atom. The minimum Gasteiger partial charge on any atom is -0.403 e. The summed E-state index contributed by atoms with van der Waals surface area (Å²) in [4.78, 5) is 12.2. The van der Waals surface area contributed by atoms with Crippen molar-refractivity contribution in [1.29, 1.82) is 0 Å². The highest BCUT2D eigenvalue weighted by atomic mass is 32.2. The minimum atomic E-state index is -3.39. The molecule has 3 aromatic rings. The molecule has 9 heteroatoms. The lowest BCUT2D eigenvalue weighted by molar-refractivity contribution is 0.102. The molecule has 0 aliphatic carbocycles. The number of carbonyl (C=O) groups excluding carboxylic acids is 1. The van der Waals surface area contributed by atoms with E-state index in [0.29, 0.717) is 5.89 Å². The van der Waals surface area contributed by atoms with Crippen molar-refractivity contribution >= 4 is 33.1 Å². The zero-order chi connectivity index (χ0) is 16.4. The van der Waals surface area contributed by atoms with Crippen LogP contribution in [-0.4, -0.2) is 30.8 Å². The maximum atomic E-state index is 12.2. The highest BCUT2D eigenvalue weighted by Crippen LogP contribution is 2.22. The van der Waals surface area contributed by atoms with Crippen LogP contribution in [0.3, 0.4) is 0 Å². The Kier molecular flexibility index (Phi) is 3.97. The van der Waals surface area contributed by atoms with E-state index in [0.717, 1.165) is 11.8 Å². The summed E-state index contributed by atoms with van der Waals surface area (Å²) in [5, 5.41) is 13.7. The first-order valence-corrected chi connectivity index (χ1v) is 9.24. The summed E-state index contributed by atoms with van der Waals surface area (Å²) in [6.07, 6.45) is 1.08. The van der Waals surface area contributed by atoms with Gasteiger partial charge < -0.3 is 4.42 Å². The van der Waals surface area contributed by atoms with Gasteiger partial charge in [-0.25, -0.2) is 8.42 Å². The molecular formula is C14H11N3O4S2. The maximum Gasteiger partial charge on any atom is 0.322 e. The molecule has 7 nitrogen and oxygen atoms in total. The van der Waals surface area contributed by atoms with Crippen LogP contribution >= 0.6 is 11.3 Å². The summed E-state index contributed by atoms with van der Waals surface area (Å²) in [6, 6.07) is 7.48. The largest absolute Gasteiger partial charge is 0.403 e. The van der Waals surface area contributed by atoms with Crippen LogP contribution in [-0.2, 0) is 9.84 Å². The molecule has 0 unspecified atom stereocenters. The lowest BCUT2D eigenvalue weighted by Crippen LogP contribution is -2.13. The second-order valence-corrected chi connectivity index (χ2v) is 7.47. The Balaban J connectivity index is 1.80. The number of sulfone groups is 1. The number of nitrogens with zero attached hydrogens (tertiary/aromatic N) is 2. The monoisotopic (exact) mass is 349 g/mol. The summed E-state index contributed by atoms with van der Waals surface area (Å²) in [5.74, 6) is -0.234. The van der Waals surface area contributed by atoms with E-state index in [-0.39, 0.29) is 16.5 Å². The number of thiophene rings is 1. The molecule has 0 saturated carbocycles. The lowest BCUT2D eigenvalue weighted by atomic mass is 10.2. The first-order chi connectivity index (χ1) is 10.9. The van der Waals surface area contributed by atoms with Crippen molar-refractivity contribution in [2.24, 2.45) is 0 Å². The molecule has 0 bridgehead atoms. The van der Waals surface area contributed by atoms with Crippen LogP contribution in [0.15, 0.2) is 50.4 Å². The van der Waals surface area contributed by atoms with Crippen molar-refractivity contribution in [3.8, 4) is 11.5 Å². The van der Waals surface area contributed by atoms with E-state index >= 15 is 0 Å². The van der Waals surface area contributed by atoms with Crippen LogP contribution in [0.25, 0.3) is 11.5 Å². The number of benzene rings is 1. The average molecular weight is 349 g/mol. The van der Waals surface area contributed by atoms with E-state index in [1.807, 2.05) is 16.8 Å². The Morgan fingerprint density at radius 2 is 2.09 bits per heavy atom. The normalized spacial score (nSPS) is 11.3. The van der Waals surface area contributed by atoms with E-state index in [1.165, 1.54) is 35.6 Å². The van der Waals surface area contributed by atoms with Gasteiger partial charge in [0.05, 0.1) is 4.90 Å². The highest BCUT2D eigenvalue weighted by Gasteiger charge is 2.15. The average Bonchev–Trinajstić information content (AvgIpc) is 3.17. The fourth-order valence-corrected chi connectivity index (χ4v) is 3.11. The molecule has 118 valence electrons. The Labute approximate surface area is 135 Å². The third kappa shape index (κ3) is 3.46. The predicted octanol–water partition coefficient (Wildman–Crippen LogP) is 2.45. The standard InChI is InChI=1S/C14H11N3O4S2/c1-23(19,20)11-4-2-3-9(7-11)12(18)15-14-17-16-13(21-14)10-5-6-22-8-10/h2-8H,1H3,(H,15,17,18). The molecule has 2 heterocycles. The molecule has 3 rings (SSSR count). The Hall–Kier alpha value is -2.52. The predicted molar refractivity (Wildman–Crippen MR) is 85.1 cm³/mol. The second-order valence-electron chi connectivity index (χ2n) is 4.68. The summed E-state index contributed by atoms with van der Waals surface area (Å²) in [5.41, 5.74) is 0.949. The van der Waals surface area contributed by atoms with Gasteiger partial charge in [0.25, 0.3) is 11.8 Å². The molecule has 0 spiro atoms. The fourth-order valence-electron chi connectivity index (χ4n) is 1.81. The van der Waals surface area contributed by atoms with Gasteiger partial charge in [0.1, 0.15) is 0 Å². The summed E-state index contributed by atoms with van der Waals surface area (Å²) in [6.45, 7) is 0. The number of nitrogens with one attached hydrogen (secondary N) is 1. The number of anilines is 1. The highest BCUT2D eigenvalue weighted by molar-refractivity contribution is 7.90. The number of aromatic nitrogens is 2. The zero-order valence-electron chi connectivity index (χ0n) is 11.9. The van der Waals surface area contributed by atoms with Gasteiger partial charge in [-0.05, 0) is 29.6 Å². The molecule has 0 aliphatic rings. The first kappa shape index (κ1) is 15.4.